The van der Waals surface area contributed by atoms with Crippen molar-refractivity contribution in [3.05, 3.63) is 53.9 Å². The smallest absolute Gasteiger partial charge is 0.0518 e. The van der Waals surface area contributed by atoms with Gasteiger partial charge in [0.1, 0.15) is 0 Å². The zero-order valence-electron chi connectivity index (χ0n) is 11.9. The Morgan fingerprint density at radius 2 is 2.20 bits per heavy atom. The molecule has 1 fully saturated rings. The lowest BCUT2D eigenvalue weighted by Gasteiger charge is -2.19. The standard InChI is InChI=1S/C16H22N4/c1-13(16-7-9-17-19-16)18-15-8-10-20(12-15)11-14-5-3-2-4-6-14/h2-7,9,13,15,18H,8,10-12H2,1H3,(H,17,19). The van der Waals surface area contributed by atoms with E-state index < -0.39 is 0 Å². The molecule has 1 saturated heterocycles. The van der Waals surface area contributed by atoms with Crippen LogP contribution in [0.2, 0.25) is 0 Å². The molecule has 1 aromatic heterocycles. The van der Waals surface area contributed by atoms with Crippen molar-refractivity contribution in [1.29, 1.82) is 0 Å². The SMILES string of the molecule is CC(NC1CCN(Cc2ccccc2)C1)c1ccn[nH]1. The summed E-state index contributed by atoms with van der Waals surface area (Å²) in [7, 11) is 0. The number of aromatic amines is 1. The van der Waals surface area contributed by atoms with E-state index in [1.165, 1.54) is 18.5 Å². The summed E-state index contributed by atoms with van der Waals surface area (Å²) in [6.07, 6.45) is 3.02. The van der Waals surface area contributed by atoms with Gasteiger partial charge in [-0.25, -0.2) is 0 Å². The summed E-state index contributed by atoms with van der Waals surface area (Å²) in [5.41, 5.74) is 2.56. The van der Waals surface area contributed by atoms with Gasteiger partial charge in [0.05, 0.1) is 5.69 Å². The van der Waals surface area contributed by atoms with E-state index in [0.29, 0.717) is 12.1 Å². The number of hydrogen-bond acceptors (Lipinski definition) is 3. The molecule has 2 atom stereocenters. The molecule has 106 valence electrons. The van der Waals surface area contributed by atoms with E-state index in [0.717, 1.165) is 18.8 Å². The number of rotatable bonds is 5. The molecule has 1 aliphatic heterocycles. The van der Waals surface area contributed by atoms with Gasteiger partial charge in [0.25, 0.3) is 0 Å². The van der Waals surface area contributed by atoms with Crippen LogP contribution in [0.3, 0.4) is 0 Å². The molecule has 2 unspecified atom stereocenters. The number of H-pyrrole nitrogens is 1. The highest BCUT2D eigenvalue weighted by Crippen LogP contribution is 2.17. The maximum absolute atomic E-state index is 4.01. The van der Waals surface area contributed by atoms with Crippen LogP contribution in [0.15, 0.2) is 42.6 Å². The van der Waals surface area contributed by atoms with Crippen LogP contribution in [-0.2, 0) is 6.54 Å². The van der Waals surface area contributed by atoms with Crippen LogP contribution in [0.1, 0.15) is 30.6 Å². The second-order valence-corrected chi connectivity index (χ2v) is 5.61. The molecule has 20 heavy (non-hydrogen) atoms. The van der Waals surface area contributed by atoms with E-state index in [1.807, 2.05) is 12.3 Å². The Morgan fingerprint density at radius 1 is 1.35 bits per heavy atom. The molecule has 4 nitrogen and oxygen atoms in total. The van der Waals surface area contributed by atoms with E-state index in [9.17, 15) is 0 Å². The second-order valence-electron chi connectivity index (χ2n) is 5.61. The minimum atomic E-state index is 0.333. The lowest BCUT2D eigenvalue weighted by atomic mass is 10.2. The highest BCUT2D eigenvalue weighted by atomic mass is 15.2. The minimum absolute atomic E-state index is 0.333. The molecular formula is C16H22N4. The van der Waals surface area contributed by atoms with Crippen molar-refractivity contribution in [3.63, 3.8) is 0 Å². The molecule has 1 aromatic carbocycles. The predicted molar refractivity (Wildman–Crippen MR) is 80.3 cm³/mol. The summed E-state index contributed by atoms with van der Waals surface area (Å²) < 4.78 is 0. The quantitative estimate of drug-likeness (QED) is 0.876. The van der Waals surface area contributed by atoms with Crippen molar-refractivity contribution >= 4 is 0 Å². The number of benzene rings is 1. The van der Waals surface area contributed by atoms with Crippen molar-refractivity contribution in [2.75, 3.05) is 13.1 Å². The van der Waals surface area contributed by atoms with Crippen molar-refractivity contribution in [2.24, 2.45) is 0 Å². The van der Waals surface area contributed by atoms with Crippen LogP contribution in [0.5, 0.6) is 0 Å². The molecule has 2 N–H and O–H groups in total. The van der Waals surface area contributed by atoms with Crippen LogP contribution in [0.25, 0.3) is 0 Å². The van der Waals surface area contributed by atoms with Crippen LogP contribution < -0.4 is 5.32 Å². The van der Waals surface area contributed by atoms with E-state index in [2.05, 4.69) is 57.7 Å². The topological polar surface area (TPSA) is 44.0 Å². The first-order valence-electron chi connectivity index (χ1n) is 7.33. The van der Waals surface area contributed by atoms with E-state index in [-0.39, 0.29) is 0 Å². The summed E-state index contributed by atoms with van der Waals surface area (Å²) in [5, 5.41) is 10.7. The molecule has 2 heterocycles. The van der Waals surface area contributed by atoms with Gasteiger partial charge in [-0.3, -0.25) is 10.00 Å². The van der Waals surface area contributed by atoms with E-state index >= 15 is 0 Å². The van der Waals surface area contributed by atoms with Crippen molar-refractivity contribution in [1.82, 2.24) is 20.4 Å². The number of hydrogen-bond donors (Lipinski definition) is 2. The van der Waals surface area contributed by atoms with Gasteiger partial charge in [-0.05, 0) is 25.0 Å². The van der Waals surface area contributed by atoms with Crippen LogP contribution in [-0.4, -0.2) is 34.2 Å². The first-order valence-corrected chi connectivity index (χ1v) is 7.33. The van der Waals surface area contributed by atoms with Crippen LogP contribution in [0.4, 0.5) is 0 Å². The molecule has 0 saturated carbocycles. The lowest BCUT2D eigenvalue weighted by Crippen LogP contribution is -2.34. The van der Waals surface area contributed by atoms with Gasteiger partial charge in [0.2, 0.25) is 0 Å². The third kappa shape index (κ3) is 3.26. The van der Waals surface area contributed by atoms with Gasteiger partial charge in [0, 0.05) is 37.9 Å². The lowest BCUT2D eigenvalue weighted by molar-refractivity contribution is 0.315. The maximum Gasteiger partial charge on any atom is 0.0518 e. The number of nitrogens with one attached hydrogen (secondary N) is 2. The first kappa shape index (κ1) is 13.3. The fourth-order valence-corrected chi connectivity index (χ4v) is 2.91. The molecule has 4 heteroatoms. The van der Waals surface area contributed by atoms with Gasteiger partial charge in [-0.15, -0.1) is 0 Å². The van der Waals surface area contributed by atoms with E-state index in [1.54, 1.807) is 0 Å². The first-order chi connectivity index (χ1) is 9.81. The van der Waals surface area contributed by atoms with Gasteiger partial charge in [-0.2, -0.15) is 5.10 Å². The molecule has 1 aliphatic rings. The highest BCUT2D eigenvalue weighted by Gasteiger charge is 2.24. The third-order valence-corrected chi connectivity index (χ3v) is 4.00. The Hall–Kier alpha value is -1.65. The zero-order chi connectivity index (χ0) is 13.8. The van der Waals surface area contributed by atoms with Gasteiger partial charge < -0.3 is 5.32 Å². The Kier molecular flexibility index (Phi) is 4.14. The van der Waals surface area contributed by atoms with Crippen molar-refractivity contribution < 1.29 is 0 Å². The fourth-order valence-electron chi connectivity index (χ4n) is 2.91. The molecule has 0 radical (unpaired) electrons. The van der Waals surface area contributed by atoms with E-state index in [4.69, 9.17) is 0 Å². The fraction of sp³-hybridized carbons (Fsp3) is 0.438. The highest BCUT2D eigenvalue weighted by molar-refractivity contribution is 5.14. The Morgan fingerprint density at radius 3 is 2.95 bits per heavy atom. The second kappa shape index (κ2) is 6.20. The van der Waals surface area contributed by atoms with Gasteiger partial charge in [0.15, 0.2) is 0 Å². The number of nitrogens with zero attached hydrogens (tertiary/aromatic N) is 2. The Labute approximate surface area is 120 Å². The number of aromatic nitrogens is 2. The number of likely N-dealkylation sites (tertiary alicyclic amines) is 1. The maximum atomic E-state index is 4.01. The monoisotopic (exact) mass is 270 g/mol. The van der Waals surface area contributed by atoms with Crippen molar-refractivity contribution in [3.8, 4) is 0 Å². The molecule has 0 amide bonds. The Balaban J connectivity index is 1.50. The molecular weight excluding hydrogens is 248 g/mol. The summed E-state index contributed by atoms with van der Waals surface area (Å²) in [5.74, 6) is 0. The minimum Gasteiger partial charge on any atom is -0.305 e. The van der Waals surface area contributed by atoms with Crippen LogP contribution in [0, 0.1) is 0 Å². The summed E-state index contributed by atoms with van der Waals surface area (Å²) in [6, 6.07) is 13.6. The van der Waals surface area contributed by atoms with Crippen molar-refractivity contribution in [2.45, 2.75) is 32.0 Å². The normalized spacial score (nSPS) is 21.1. The zero-order valence-corrected chi connectivity index (χ0v) is 11.9. The summed E-state index contributed by atoms with van der Waals surface area (Å²) in [6.45, 7) is 5.53. The molecule has 0 aliphatic carbocycles. The predicted octanol–water partition coefficient (Wildman–Crippen LogP) is 2.33. The molecule has 0 spiro atoms. The largest absolute Gasteiger partial charge is 0.305 e. The van der Waals surface area contributed by atoms with Gasteiger partial charge >= 0.3 is 0 Å². The Bertz CT molecular complexity index is 509. The summed E-state index contributed by atoms with van der Waals surface area (Å²) >= 11 is 0. The van der Waals surface area contributed by atoms with Gasteiger partial charge in [-0.1, -0.05) is 30.3 Å². The molecule has 3 rings (SSSR count). The third-order valence-electron chi connectivity index (χ3n) is 4.00. The molecule has 0 bridgehead atoms. The average molecular weight is 270 g/mol. The average Bonchev–Trinajstić information content (AvgIpc) is 3.11. The summed E-state index contributed by atoms with van der Waals surface area (Å²) in [4.78, 5) is 2.52. The van der Waals surface area contributed by atoms with Crippen LogP contribution >= 0.6 is 0 Å². The molecule has 2 aromatic rings.